The molecule has 0 atom stereocenters. The monoisotopic (exact) mass is 254 g/mol. The van der Waals surface area contributed by atoms with E-state index in [4.69, 9.17) is 0 Å². The van der Waals surface area contributed by atoms with Crippen LogP contribution in [0.2, 0.25) is 0 Å². The first-order chi connectivity index (χ1) is 8.49. The summed E-state index contributed by atoms with van der Waals surface area (Å²) in [6.45, 7) is 10.4. The maximum Gasteiger partial charge on any atom is 0.317 e. The topological polar surface area (TPSA) is 32.3 Å². The Morgan fingerprint density at radius 3 is 2.00 bits per heavy atom. The smallest absolute Gasteiger partial charge is 0.317 e. The van der Waals surface area contributed by atoms with Crippen molar-refractivity contribution in [3.63, 3.8) is 0 Å². The second-order valence-corrected chi connectivity index (χ2v) is 6.48. The Balaban J connectivity index is 2.46. The van der Waals surface area contributed by atoms with Crippen LogP contribution >= 0.6 is 0 Å². The number of nitrogens with one attached hydrogen (secondary N) is 1. The van der Waals surface area contributed by atoms with E-state index in [9.17, 15) is 4.79 Å². The normalized spacial score (nSPS) is 17.2. The summed E-state index contributed by atoms with van der Waals surface area (Å²) in [6, 6.07) is 0.553. The molecule has 1 aliphatic carbocycles. The van der Waals surface area contributed by atoms with Crippen LogP contribution < -0.4 is 5.32 Å². The average Bonchev–Trinajstić information content (AvgIpc) is 2.28. The van der Waals surface area contributed by atoms with Gasteiger partial charge in [0.2, 0.25) is 0 Å². The molecule has 1 saturated carbocycles. The van der Waals surface area contributed by atoms with Crippen LogP contribution in [0.25, 0.3) is 0 Å². The predicted octanol–water partition coefficient (Wildman–Crippen LogP) is 3.64. The summed E-state index contributed by atoms with van der Waals surface area (Å²) in [5, 5.41) is 3.22. The van der Waals surface area contributed by atoms with E-state index in [1.807, 2.05) is 4.90 Å². The molecule has 0 aliphatic heterocycles. The Kier molecular flexibility index (Phi) is 6.51. The number of hydrogen-bond donors (Lipinski definition) is 1. The minimum atomic E-state index is 0.143. The first kappa shape index (κ1) is 15.3. The van der Waals surface area contributed by atoms with E-state index in [0.29, 0.717) is 17.9 Å². The van der Waals surface area contributed by atoms with Crippen molar-refractivity contribution in [2.75, 3.05) is 13.1 Å². The molecule has 0 aromatic carbocycles. The molecule has 0 unspecified atom stereocenters. The van der Waals surface area contributed by atoms with Gasteiger partial charge in [-0.05, 0) is 24.7 Å². The summed E-state index contributed by atoms with van der Waals surface area (Å²) in [7, 11) is 0. The first-order valence-electron chi connectivity index (χ1n) is 7.54. The highest BCUT2D eigenvalue weighted by molar-refractivity contribution is 5.74. The van der Waals surface area contributed by atoms with Gasteiger partial charge >= 0.3 is 6.03 Å². The van der Waals surface area contributed by atoms with E-state index in [1.54, 1.807) is 0 Å². The molecule has 0 bridgehead atoms. The minimum absolute atomic E-state index is 0.143. The molecule has 106 valence electrons. The molecule has 3 nitrogen and oxygen atoms in total. The van der Waals surface area contributed by atoms with Crippen molar-refractivity contribution in [1.29, 1.82) is 0 Å². The summed E-state index contributed by atoms with van der Waals surface area (Å²) in [5.41, 5.74) is 0. The van der Waals surface area contributed by atoms with E-state index in [0.717, 1.165) is 25.9 Å². The molecule has 0 saturated heterocycles. The summed E-state index contributed by atoms with van der Waals surface area (Å²) in [5.74, 6) is 1.06. The lowest BCUT2D eigenvalue weighted by molar-refractivity contribution is 0.176. The fraction of sp³-hybridized carbons (Fsp3) is 0.933. The number of amides is 2. The highest BCUT2D eigenvalue weighted by Crippen LogP contribution is 2.17. The summed E-state index contributed by atoms with van der Waals surface area (Å²) in [4.78, 5) is 14.3. The van der Waals surface area contributed by atoms with Crippen LogP contribution in [0.15, 0.2) is 0 Å². The van der Waals surface area contributed by atoms with Gasteiger partial charge in [0.15, 0.2) is 0 Å². The van der Waals surface area contributed by atoms with Gasteiger partial charge in [-0.15, -0.1) is 0 Å². The van der Waals surface area contributed by atoms with Gasteiger partial charge in [-0.1, -0.05) is 47.0 Å². The standard InChI is InChI=1S/C15H30N2O/c1-12(2)10-17(11-13(3)4)15(18)16-14-8-6-5-7-9-14/h12-14H,5-11H2,1-4H3,(H,16,18). The fourth-order valence-electron chi connectivity index (χ4n) is 2.63. The molecule has 0 heterocycles. The second kappa shape index (κ2) is 7.65. The van der Waals surface area contributed by atoms with Crippen LogP contribution in [-0.2, 0) is 0 Å². The Morgan fingerprint density at radius 1 is 1.06 bits per heavy atom. The molecular weight excluding hydrogens is 224 g/mol. The molecule has 0 aromatic heterocycles. The Hall–Kier alpha value is -0.730. The lowest BCUT2D eigenvalue weighted by Crippen LogP contribution is -2.47. The number of carbonyl (C=O) groups is 1. The third-order valence-corrected chi connectivity index (χ3v) is 3.39. The van der Waals surface area contributed by atoms with Gasteiger partial charge < -0.3 is 10.2 Å². The molecule has 0 spiro atoms. The zero-order chi connectivity index (χ0) is 13.5. The zero-order valence-electron chi connectivity index (χ0n) is 12.5. The molecular formula is C15H30N2O. The highest BCUT2D eigenvalue weighted by atomic mass is 16.2. The van der Waals surface area contributed by atoms with Crippen molar-refractivity contribution in [1.82, 2.24) is 10.2 Å². The number of nitrogens with zero attached hydrogens (tertiary/aromatic N) is 1. The van der Waals surface area contributed by atoms with Crippen molar-refractivity contribution < 1.29 is 4.79 Å². The van der Waals surface area contributed by atoms with E-state index >= 15 is 0 Å². The van der Waals surface area contributed by atoms with Crippen molar-refractivity contribution >= 4 is 6.03 Å². The van der Waals surface area contributed by atoms with Crippen molar-refractivity contribution in [3.8, 4) is 0 Å². The van der Waals surface area contributed by atoms with Gasteiger partial charge in [-0.3, -0.25) is 0 Å². The van der Waals surface area contributed by atoms with Crippen LogP contribution in [0.1, 0.15) is 59.8 Å². The van der Waals surface area contributed by atoms with Crippen LogP contribution in [0.4, 0.5) is 4.79 Å². The lowest BCUT2D eigenvalue weighted by atomic mass is 9.96. The second-order valence-electron chi connectivity index (χ2n) is 6.48. The number of urea groups is 1. The van der Waals surface area contributed by atoms with Gasteiger partial charge in [0.05, 0.1) is 0 Å². The minimum Gasteiger partial charge on any atom is -0.335 e. The van der Waals surface area contributed by atoms with Crippen LogP contribution in [0, 0.1) is 11.8 Å². The molecule has 2 amide bonds. The quantitative estimate of drug-likeness (QED) is 0.798. The molecule has 0 aromatic rings. The molecule has 1 fully saturated rings. The molecule has 0 radical (unpaired) electrons. The Labute approximate surface area is 112 Å². The predicted molar refractivity (Wildman–Crippen MR) is 76.7 cm³/mol. The van der Waals surface area contributed by atoms with E-state index in [1.165, 1.54) is 19.3 Å². The van der Waals surface area contributed by atoms with Gasteiger partial charge in [0.25, 0.3) is 0 Å². The molecule has 18 heavy (non-hydrogen) atoms. The highest BCUT2D eigenvalue weighted by Gasteiger charge is 2.20. The van der Waals surface area contributed by atoms with Crippen molar-refractivity contribution in [2.24, 2.45) is 11.8 Å². The van der Waals surface area contributed by atoms with Gasteiger partial charge in [-0.2, -0.15) is 0 Å². The number of carbonyl (C=O) groups excluding carboxylic acids is 1. The molecule has 1 aliphatic rings. The van der Waals surface area contributed by atoms with Crippen LogP contribution in [0.5, 0.6) is 0 Å². The third kappa shape index (κ3) is 5.74. The van der Waals surface area contributed by atoms with Crippen molar-refractivity contribution in [3.05, 3.63) is 0 Å². The number of rotatable bonds is 5. The van der Waals surface area contributed by atoms with Gasteiger partial charge in [0.1, 0.15) is 0 Å². The van der Waals surface area contributed by atoms with Gasteiger partial charge in [-0.25, -0.2) is 4.79 Å². The third-order valence-electron chi connectivity index (χ3n) is 3.39. The van der Waals surface area contributed by atoms with E-state index in [-0.39, 0.29) is 6.03 Å². The first-order valence-corrected chi connectivity index (χ1v) is 7.54. The Bertz CT molecular complexity index is 235. The van der Waals surface area contributed by atoms with Crippen LogP contribution in [0.3, 0.4) is 0 Å². The van der Waals surface area contributed by atoms with Crippen molar-refractivity contribution in [2.45, 2.75) is 65.8 Å². The summed E-state index contributed by atoms with van der Waals surface area (Å²) < 4.78 is 0. The lowest BCUT2D eigenvalue weighted by Gasteiger charge is -2.30. The average molecular weight is 254 g/mol. The Morgan fingerprint density at radius 2 is 1.56 bits per heavy atom. The zero-order valence-corrected chi connectivity index (χ0v) is 12.5. The SMILES string of the molecule is CC(C)CN(CC(C)C)C(=O)NC1CCCCC1. The van der Waals surface area contributed by atoms with Gasteiger partial charge in [0, 0.05) is 19.1 Å². The maximum atomic E-state index is 12.3. The van der Waals surface area contributed by atoms with E-state index < -0.39 is 0 Å². The summed E-state index contributed by atoms with van der Waals surface area (Å²) >= 11 is 0. The fourth-order valence-corrected chi connectivity index (χ4v) is 2.63. The summed E-state index contributed by atoms with van der Waals surface area (Å²) in [6.07, 6.45) is 6.17. The maximum absolute atomic E-state index is 12.3. The molecule has 1 N–H and O–H groups in total. The molecule has 3 heteroatoms. The van der Waals surface area contributed by atoms with Crippen LogP contribution in [-0.4, -0.2) is 30.1 Å². The van der Waals surface area contributed by atoms with E-state index in [2.05, 4.69) is 33.0 Å². The number of hydrogen-bond acceptors (Lipinski definition) is 1. The largest absolute Gasteiger partial charge is 0.335 e. The molecule has 1 rings (SSSR count).